The van der Waals surface area contributed by atoms with Crippen molar-refractivity contribution >= 4 is 16.8 Å². The minimum atomic E-state index is -0.132. The molecule has 1 aromatic heterocycles. The van der Waals surface area contributed by atoms with E-state index in [0.29, 0.717) is 29.6 Å². The summed E-state index contributed by atoms with van der Waals surface area (Å²) in [5.41, 5.74) is 0.607. The molecule has 26 heavy (non-hydrogen) atoms. The molecular formula is C21H25N3O2. The van der Waals surface area contributed by atoms with Crippen LogP contribution in [0.2, 0.25) is 0 Å². The second-order valence-electron chi connectivity index (χ2n) is 8.78. The average Bonchev–Trinajstić information content (AvgIpc) is 2.58. The minimum absolute atomic E-state index is 0.0516. The topological polar surface area (TPSA) is 74.8 Å². The molecule has 1 amide bonds. The standard InChI is InChI=1S/C21H25N3O2/c25-19(24-21-10-13-7-14(11-21)9-15(8-13)12-21)6-5-18-22-17-4-2-1-3-16(17)20(26)23-18/h1-4,13-15H,5-12H2,(H,24,25)(H,22,23,26). The Morgan fingerprint density at radius 1 is 1.12 bits per heavy atom. The van der Waals surface area contributed by atoms with Crippen LogP contribution in [-0.2, 0) is 11.2 Å². The summed E-state index contributed by atoms with van der Waals surface area (Å²) in [5.74, 6) is 3.15. The number of rotatable bonds is 4. The third-order valence-corrected chi connectivity index (χ3v) is 6.69. The lowest BCUT2D eigenvalue weighted by molar-refractivity contribution is -0.126. The molecule has 4 fully saturated rings. The molecule has 1 aromatic carbocycles. The number of nitrogens with one attached hydrogen (secondary N) is 2. The summed E-state index contributed by atoms with van der Waals surface area (Å²) in [5, 5.41) is 3.98. The zero-order chi connectivity index (χ0) is 17.7. The molecule has 0 spiro atoms. The molecule has 4 aliphatic carbocycles. The van der Waals surface area contributed by atoms with Crippen LogP contribution in [-0.4, -0.2) is 21.4 Å². The molecule has 0 unspecified atom stereocenters. The first-order chi connectivity index (χ1) is 12.6. The highest BCUT2D eigenvalue weighted by Crippen LogP contribution is 2.55. The Labute approximate surface area is 152 Å². The van der Waals surface area contributed by atoms with Crippen molar-refractivity contribution in [2.75, 3.05) is 0 Å². The van der Waals surface area contributed by atoms with Crippen LogP contribution in [0.3, 0.4) is 0 Å². The first-order valence-corrected chi connectivity index (χ1v) is 9.87. The number of para-hydroxylation sites is 1. The van der Waals surface area contributed by atoms with Gasteiger partial charge in [-0.2, -0.15) is 0 Å². The smallest absolute Gasteiger partial charge is 0.258 e. The zero-order valence-corrected chi connectivity index (χ0v) is 15.0. The van der Waals surface area contributed by atoms with Gasteiger partial charge in [-0.1, -0.05) is 12.1 Å². The summed E-state index contributed by atoms with van der Waals surface area (Å²) in [6, 6.07) is 7.31. The van der Waals surface area contributed by atoms with Gasteiger partial charge in [0.2, 0.25) is 5.91 Å². The number of H-pyrrole nitrogens is 1. The number of nitrogens with zero attached hydrogens (tertiary/aromatic N) is 1. The summed E-state index contributed by atoms with van der Waals surface area (Å²) in [6.07, 6.45) is 8.45. The second-order valence-corrected chi connectivity index (χ2v) is 8.78. The molecule has 4 aliphatic rings. The number of fused-ring (bicyclic) bond motifs is 1. The molecule has 1 heterocycles. The van der Waals surface area contributed by atoms with Gasteiger partial charge in [-0.25, -0.2) is 4.98 Å². The van der Waals surface area contributed by atoms with Crippen molar-refractivity contribution < 1.29 is 4.79 Å². The van der Waals surface area contributed by atoms with E-state index in [0.717, 1.165) is 37.0 Å². The fraction of sp³-hybridized carbons (Fsp3) is 0.571. The van der Waals surface area contributed by atoms with E-state index in [1.54, 1.807) is 6.07 Å². The van der Waals surface area contributed by atoms with Crippen molar-refractivity contribution in [3.63, 3.8) is 0 Å². The maximum atomic E-state index is 12.6. The number of carbonyl (C=O) groups is 1. The summed E-state index contributed by atoms with van der Waals surface area (Å²) in [6.45, 7) is 0. The van der Waals surface area contributed by atoms with Crippen LogP contribution in [0.15, 0.2) is 29.1 Å². The number of aromatic nitrogens is 2. The number of hydrogen-bond acceptors (Lipinski definition) is 3. The van der Waals surface area contributed by atoms with Gasteiger partial charge in [-0.05, 0) is 68.4 Å². The van der Waals surface area contributed by atoms with E-state index in [-0.39, 0.29) is 17.0 Å². The Morgan fingerprint density at radius 3 is 2.46 bits per heavy atom. The molecule has 6 rings (SSSR count). The summed E-state index contributed by atoms with van der Waals surface area (Å²) in [4.78, 5) is 32.1. The second kappa shape index (κ2) is 5.93. The van der Waals surface area contributed by atoms with Crippen LogP contribution in [0.5, 0.6) is 0 Å². The van der Waals surface area contributed by atoms with Gasteiger partial charge in [0.05, 0.1) is 10.9 Å². The predicted molar refractivity (Wildman–Crippen MR) is 99.7 cm³/mol. The lowest BCUT2D eigenvalue weighted by Gasteiger charge is -2.56. The molecule has 0 radical (unpaired) electrons. The fourth-order valence-electron chi connectivity index (χ4n) is 6.11. The molecule has 4 saturated carbocycles. The minimum Gasteiger partial charge on any atom is -0.351 e. The molecule has 4 bridgehead atoms. The van der Waals surface area contributed by atoms with Crippen LogP contribution in [0.25, 0.3) is 10.9 Å². The van der Waals surface area contributed by atoms with Gasteiger partial charge in [0, 0.05) is 18.4 Å². The molecule has 2 aromatic rings. The quantitative estimate of drug-likeness (QED) is 0.889. The Hall–Kier alpha value is -2.17. The average molecular weight is 351 g/mol. The first kappa shape index (κ1) is 16.0. The van der Waals surface area contributed by atoms with Crippen LogP contribution >= 0.6 is 0 Å². The van der Waals surface area contributed by atoms with Crippen molar-refractivity contribution in [2.24, 2.45) is 17.8 Å². The van der Waals surface area contributed by atoms with Gasteiger partial charge in [0.25, 0.3) is 5.56 Å². The van der Waals surface area contributed by atoms with Crippen LogP contribution < -0.4 is 10.9 Å². The van der Waals surface area contributed by atoms with E-state index in [1.807, 2.05) is 18.2 Å². The summed E-state index contributed by atoms with van der Waals surface area (Å²) in [7, 11) is 0. The highest BCUT2D eigenvalue weighted by molar-refractivity contribution is 5.78. The number of aryl methyl sites for hydroxylation is 1. The summed E-state index contributed by atoms with van der Waals surface area (Å²) >= 11 is 0. The van der Waals surface area contributed by atoms with Crippen molar-refractivity contribution in [1.82, 2.24) is 15.3 Å². The van der Waals surface area contributed by atoms with Gasteiger partial charge < -0.3 is 10.3 Å². The van der Waals surface area contributed by atoms with Crippen LogP contribution in [0.4, 0.5) is 0 Å². The number of benzene rings is 1. The zero-order valence-electron chi connectivity index (χ0n) is 15.0. The Balaban J connectivity index is 1.26. The molecular weight excluding hydrogens is 326 g/mol. The highest BCUT2D eigenvalue weighted by atomic mass is 16.1. The lowest BCUT2D eigenvalue weighted by Crippen LogP contribution is -2.59. The molecule has 136 valence electrons. The van der Waals surface area contributed by atoms with E-state index in [1.165, 1.54) is 19.3 Å². The van der Waals surface area contributed by atoms with Gasteiger partial charge >= 0.3 is 0 Å². The van der Waals surface area contributed by atoms with Crippen LogP contribution in [0.1, 0.15) is 50.8 Å². The van der Waals surface area contributed by atoms with E-state index in [4.69, 9.17) is 0 Å². The van der Waals surface area contributed by atoms with E-state index >= 15 is 0 Å². The van der Waals surface area contributed by atoms with Crippen molar-refractivity contribution in [3.8, 4) is 0 Å². The van der Waals surface area contributed by atoms with Gasteiger partial charge in [0.15, 0.2) is 0 Å². The van der Waals surface area contributed by atoms with Crippen molar-refractivity contribution in [2.45, 2.75) is 56.9 Å². The monoisotopic (exact) mass is 351 g/mol. The third-order valence-electron chi connectivity index (χ3n) is 6.69. The molecule has 0 saturated heterocycles. The number of aromatic amines is 1. The van der Waals surface area contributed by atoms with Crippen molar-refractivity contribution in [1.29, 1.82) is 0 Å². The van der Waals surface area contributed by atoms with Crippen molar-refractivity contribution in [3.05, 3.63) is 40.4 Å². The molecule has 5 nitrogen and oxygen atoms in total. The van der Waals surface area contributed by atoms with E-state index < -0.39 is 0 Å². The Morgan fingerprint density at radius 2 is 1.77 bits per heavy atom. The number of carbonyl (C=O) groups excluding carboxylic acids is 1. The van der Waals surface area contributed by atoms with Gasteiger partial charge in [0.1, 0.15) is 5.82 Å². The number of hydrogen-bond donors (Lipinski definition) is 2. The largest absolute Gasteiger partial charge is 0.351 e. The predicted octanol–water partition coefficient (Wildman–Crippen LogP) is 2.94. The normalized spacial score (nSPS) is 32.1. The molecule has 5 heteroatoms. The number of amides is 1. The van der Waals surface area contributed by atoms with Gasteiger partial charge in [-0.15, -0.1) is 0 Å². The highest BCUT2D eigenvalue weighted by Gasteiger charge is 2.51. The third kappa shape index (κ3) is 2.83. The van der Waals surface area contributed by atoms with Crippen LogP contribution in [0, 0.1) is 17.8 Å². The molecule has 2 N–H and O–H groups in total. The maximum Gasteiger partial charge on any atom is 0.258 e. The summed E-state index contributed by atoms with van der Waals surface area (Å²) < 4.78 is 0. The molecule has 0 aliphatic heterocycles. The van der Waals surface area contributed by atoms with E-state index in [9.17, 15) is 9.59 Å². The lowest BCUT2D eigenvalue weighted by atomic mass is 9.53. The van der Waals surface area contributed by atoms with E-state index in [2.05, 4.69) is 15.3 Å². The Bertz CT molecular complexity index is 882. The van der Waals surface area contributed by atoms with Gasteiger partial charge in [-0.3, -0.25) is 9.59 Å². The Kier molecular flexibility index (Phi) is 3.66. The maximum absolute atomic E-state index is 12.6. The SMILES string of the molecule is O=C(CCc1nc2ccccc2c(=O)[nH]1)NC12CC3CC(CC(C3)C1)C2. The molecule has 0 atom stereocenters. The fourth-order valence-corrected chi connectivity index (χ4v) is 6.11. The first-order valence-electron chi connectivity index (χ1n) is 9.87.